The fraction of sp³-hybridized carbons (Fsp3) is 0.0455. The molecule has 0 radical (unpaired) electrons. The number of halogens is 1. The van der Waals surface area contributed by atoms with Crippen LogP contribution < -0.4 is 12.4 Å². The van der Waals surface area contributed by atoms with E-state index in [4.69, 9.17) is 0 Å². The van der Waals surface area contributed by atoms with Crippen LogP contribution in [0.15, 0.2) is 98.1 Å². The summed E-state index contributed by atoms with van der Waals surface area (Å²) < 4.78 is 0. The minimum absolute atomic E-state index is 0. The number of rotatable bonds is 0. The van der Waals surface area contributed by atoms with Gasteiger partial charge in [-0.2, -0.15) is 42.0 Å². The molecule has 4 aromatic rings. The third-order valence-electron chi connectivity index (χ3n) is 3.10. The van der Waals surface area contributed by atoms with Gasteiger partial charge in [-0.25, -0.2) is 0 Å². The first-order valence-electron chi connectivity index (χ1n) is 7.35. The molecular formula is C22H23ClHf. The van der Waals surface area contributed by atoms with E-state index in [2.05, 4.69) is 105 Å². The number of fused-ring (bicyclic) bond motifs is 2. The second-order valence-corrected chi connectivity index (χ2v) is 4.31. The number of hydrogen-bond acceptors (Lipinski definition) is 0. The summed E-state index contributed by atoms with van der Waals surface area (Å²) in [5.74, 6) is 0. The van der Waals surface area contributed by atoms with Gasteiger partial charge in [0.2, 0.25) is 0 Å². The Bertz CT molecular complexity index is 641. The SMILES string of the molecule is C=C.[CH2-]C.[Cl-].[Hf+4].c1ccc2[cH-]ccc2c1.c1ccc2[cH-]ccc2c1. The summed E-state index contributed by atoms with van der Waals surface area (Å²) in [5, 5.41) is 5.32. The molecule has 4 aromatic carbocycles. The van der Waals surface area contributed by atoms with E-state index in [1.54, 1.807) is 6.92 Å². The molecule has 0 fully saturated rings. The van der Waals surface area contributed by atoms with Crippen molar-refractivity contribution in [2.45, 2.75) is 6.92 Å². The van der Waals surface area contributed by atoms with Gasteiger partial charge < -0.3 is 19.3 Å². The van der Waals surface area contributed by atoms with Gasteiger partial charge in [0.05, 0.1) is 0 Å². The van der Waals surface area contributed by atoms with E-state index in [9.17, 15) is 0 Å². The van der Waals surface area contributed by atoms with Crippen molar-refractivity contribution in [1.82, 2.24) is 0 Å². The van der Waals surface area contributed by atoms with Gasteiger partial charge in [-0.1, -0.05) is 12.1 Å². The Balaban J connectivity index is 0. The summed E-state index contributed by atoms with van der Waals surface area (Å²) in [4.78, 5) is 0. The first kappa shape index (κ1) is 24.8. The van der Waals surface area contributed by atoms with Crippen LogP contribution >= 0.6 is 0 Å². The van der Waals surface area contributed by atoms with Crippen LogP contribution in [0, 0.1) is 6.92 Å². The van der Waals surface area contributed by atoms with Gasteiger partial charge in [-0.3, -0.25) is 0 Å². The van der Waals surface area contributed by atoms with Crippen LogP contribution in [-0.4, -0.2) is 0 Å². The fourth-order valence-electron chi connectivity index (χ4n) is 2.14. The van der Waals surface area contributed by atoms with E-state index in [1.807, 2.05) is 0 Å². The quantitative estimate of drug-likeness (QED) is 0.196. The van der Waals surface area contributed by atoms with Crippen molar-refractivity contribution in [3.63, 3.8) is 0 Å². The summed E-state index contributed by atoms with van der Waals surface area (Å²) in [5.41, 5.74) is 0. The van der Waals surface area contributed by atoms with E-state index in [1.165, 1.54) is 21.5 Å². The summed E-state index contributed by atoms with van der Waals surface area (Å²) in [6.45, 7) is 11.0. The smallest absolute Gasteiger partial charge is 1.00 e. The molecule has 24 heavy (non-hydrogen) atoms. The molecule has 2 heteroatoms. The van der Waals surface area contributed by atoms with Crippen molar-refractivity contribution in [2.75, 3.05) is 0 Å². The van der Waals surface area contributed by atoms with Gasteiger partial charge in [0.25, 0.3) is 0 Å². The maximum absolute atomic E-state index is 3.25. The van der Waals surface area contributed by atoms with Crippen LogP contribution in [0.25, 0.3) is 21.5 Å². The molecule has 0 aromatic heterocycles. The maximum atomic E-state index is 3.25. The molecule has 0 bridgehead atoms. The van der Waals surface area contributed by atoms with Gasteiger partial charge in [-0.15, -0.1) is 72.5 Å². The molecule has 0 saturated heterocycles. The van der Waals surface area contributed by atoms with E-state index in [-0.39, 0.29) is 38.3 Å². The Morgan fingerprint density at radius 2 is 1.00 bits per heavy atom. The molecule has 0 saturated carbocycles. The fourth-order valence-corrected chi connectivity index (χ4v) is 2.14. The second-order valence-electron chi connectivity index (χ2n) is 4.31. The first-order valence-corrected chi connectivity index (χ1v) is 7.35. The molecule has 0 atom stereocenters. The van der Waals surface area contributed by atoms with Gasteiger partial charge in [0.1, 0.15) is 0 Å². The molecule has 0 heterocycles. The van der Waals surface area contributed by atoms with E-state index >= 15 is 0 Å². The van der Waals surface area contributed by atoms with Crippen LogP contribution in [0.2, 0.25) is 0 Å². The van der Waals surface area contributed by atoms with E-state index in [0.717, 1.165) is 0 Å². The molecule has 0 amide bonds. The van der Waals surface area contributed by atoms with E-state index in [0.29, 0.717) is 0 Å². The minimum atomic E-state index is 0. The molecule has 0 N–H and O–H groups in total. The largest absolute Gasteiger partial charge is 4.00 e. The average Bonchev–Trinajstić information content (AvgIpc) is 3.28. The van der Waals surface area contributed by atoms with Gasteiger partial charge >= 0.3 is 25.8 Å². The monoisotopic (exact) mass is 502 g/mol. The van der Waals surface area contributed by atoms with Gasteiger partial charge in [0.15, 0.2) is 0 Å². The predicted octanol–water partition coefficient (Wildman–Crippen LogP) is 3.76. The standard InChI is InChI=1S/2C9H7.C2H5.C2H4.ClH.Hf/c2*1-2-5-9-7-3-6-8(9)4-1;2*1-2;;/h2*1-7H;1H2,2H3;1-2H2;1H;/q3*-1;;;+4/p-1. The molecular weight excluding hydrogens is 478 g/mol. The zero-order valence-corrected chi connectivity index (χ0v) is 18.4. The molecule has 0 aliphatic carbocycles. The Hall–Kier alpha value is -1.44. The number of benzene rings is 2. The summed E-state index contributed by atoms with van der Waals surface area (Å²) in [6.07, 6.45) is 0. The summed E-state index contributed by atoms with van der Waals surface area (Å²) >= 11 is 0. The van der Waals surface area contributed by atoms with Gasteiger partial charge in [-0.05, 0) is 0 Å². The van der Waals surface area contributed by atoms with Crippen molar-refractivity contribution in [1.29, 1.82) is 0 Å². The molecule has 4 rings (SSSR count). The van der Waals surface area contributed by atoms with Crippen molar-refractivity contribution < 1.29 is 38.3 Å². The average molecular weight is 501 g/mol. The third kappa shape index (κ3) is 7.42. The van der Waals surface area contributed by atoms with Gasteiger partial charge in [0, 0.05) is 0 Å². The van der Waals surface area contributed by atoms with E-state index < -0.39 is 0 Å². The van der Waals surface area contributed by atoms with Crippen molar-refractivity contribution >= 4 is 21.5 Å². The predicted molar refractivity (Wildman–Crippen MR) is 101 cm³/mol. The molecule has 0 spiro atoms. The van der Waals surface area contributed by atoms with Crippen molar-refractivity contribution in [3.05, 3.63) is 105 Å². The molecule has 0 nitrogen and oxygen atoms in total. The van der Waals surface area contributed by atoms with Crippen LogP contribution in [0.5, 0.6) is 0 Å². The van der Waals surface area contributed by atoms with Crippen LogP contribution in [0.4, 0.5) is 0 Å². The Morgan fingerprint density at radius 3 is 1.33 bits per heavy atom. The van der Waals surface area contributed by atoms with Crippen LogP contribution in [0.3, 0.4) is 0 Å². The summed E-state index contributed by atoms with van der Waals surface area (Å²) in [6, 6.07) is 29.3. The zero-order chi connectivity index (χ0) is 16.2. The summed E-state index contributed by atoms with van der Waals surface area (Å²) in [7, 11) is 0. The molecule has 0 aliphatic heterocycles. The van der Waals surface area contributed by atoms with Crippen molar-refractivity contribution in [3.8, 4) is 0 Å². The Morgan fingerprint density at radius 1 is 0.667 bits per heavy atom. The number of hydrogen-bond donors (Lipinski definition) is 0. The third-order valence-corrected chi connectivity index (χ3v) is 3.10. The minimum Gasteiger partial charge on any atom is -1.00 e. The maximum Gasteiger partial charge on any atom is 4.00 e. The second kappa shape index (κ2) is 15.1. The molecule has 0 aliphatic rings. The Labute approximate surface area is 171 Å². The van der Waals surface area contributed by atoms with Crippen molar-refractivity contribution in [2.24, 2.45) is 0 Å². The molecule has 122 valence electrons. The zero-order valence-electron chi connectivity index (χ0n) is 14.1. The first-order chi connectivity index (χ1) is 10.9. The topological polar surface area (TPSA) is 0 Å². The van der Waals surface area contributed by atoms with Crippen LogP contribution in [-0.2, 0) is 25.8 Å². The molecule has 0 unspecified atom stereocenters. The Kier molecular flexibility index (Phi) is 15.6. The normalized spacial score (nSPS) is 8.08. The van der Waals surface area contributed by atoms with Crippen LogP contribution in [0.1, 0.15) is 6.92 Å².